The number of anilines is 1. The minimum Gasteiger partial charge on any atom is -0.385 e. The molecule has 0 aliphatic rings. The number of methoxy groups -OCH3 is 1. The van der Waals surface area contributed by atoms with Gasteiger partial charge in [-0.1, -0.05) is 0 Å². The molecule has 5 nitrogen and oxygen atoms in total. The lowest BCUT2D eigenvalue weighted by molar-refractivity contribution is 0.0930. The van der Waals surface area contributed by atoms with Gasteiger partial charge >= 0.3 is 0 Å². The van der Waals surface area contributed by atoms with Gasteiger partial charge in [-0.3, -0.25) is 4.79 Å². The molecule has 0 fully saturated rings. The van der Waals surface area contributed by atoms with Gasteiger partial charge in [0.1, 0.15) is 5.82 Å². The van der Waals surface area contributed by atoms with Crippen molar-refractivity contribution >= 4 is 11.7 Å². The summed E-state index contributed by atoms with van der Waals surface area (Å²) in [5.74, 6) is 0.513. The van der Waals surface area contributed by atoms with Gasteiger partial charge in [0.25, 0.3) is 5.91 Å². The van der Waals surface area contributed by atoms with E-state index in [4.69, 9.17) is 4.74 Å². The number of hydrogen-bond acceptors (Lipinski definition) is 4. The van der Waals surface area contributed by atoms with E-state index in [-0.39, 0.29) is 11.9 Å². The molecule has 5 heteroatoms. The molecule has 18 heavy (non-hydrogen) atoms. The number of carbonyl (C=O) groups is 1. The van der Waals surface area contributed by atoms with E-state index in [1.54, 1.807) is 25.4 Å². The summed E-state index contributed by atoms with van der Waals surface area (Å²) in [6, 6.07) is 3.60. The van der Waals surface area contributed by atoms with E-state index in [1.807, 2.05) is 13.8 Å². The fourth-order valence-corrected chi connectivity index (χ4v) is 1.57. The molecule has 0 radical (unpaired) electrons. The maximum Gasteiger partial charge on any atom is 0.255 e. The maximum atomic E-state index is 12.1. The fraction of sp³-hybridized carbons (Fsp3) is 0.538. The number of aromatic nitrogens is 1. The van der Waals surface area contributed by atoms with Crippen molar-refractivity contribution in [2.75, 3.05) is 25.6 Å². The van der Waals surface area contributed by atoms with E-state index in [9.17, 15) is 4.79 Å². The summed E-state index contributed by atoms with van der Waals surface area (Å²) in [5.41, 5.74) is 0.573. The molecule has 2 N–H and O–H groups in total. The molecule has 1 heterocycles. The van der Waals surface area contributed by atoms with Crippen molar-refractivity contribution in [1.82, 2.24) is 10.3 Å². The van der Waals surface area contributed by atoms with Crippen molar-refractivity contribution in [2.24, 2.45) is 0 Å². The highest BCUT2D eigenvalue weighted by molar-refractivity contribution is 5.98. The quantitative estimate of drug-likeness (QED) is 0.773. The second kappa shape index (κ2) is 7.66. The second-order valence-corrected chi connectivity index (χ2v) is 4.09. The molecule has 0 spiro atoms. The van der Waals surface area contributed by atoms with Gasteiger partial charge in [0, 0.05) is 32.5 Å². The molecule has 1 unspecified atom stereocenters. The van der Waals surface area contributed by atoms with Gasteiger partial charge in [-0.2, -0.15) is 0 Å². The highest BCUT2D eigenvalue weighted by atomic mass is 16.5. The lowest BCUT2D eigenvalue weighted by atomic mass is 10.2. The number of nitrogens with one attached hydrogen (secondary N) is 2. The van der Waals surface area contributed by atoms with Gasteiger partial charge in [-0.05, 0) is 32.4 Å². The number of rotatable bonds is 7. The van der Waals surface area contributed by atoms with Gasteiger partial charge in [0.2, 0.25) is 0 Å². The monoisotopic (exact) mass is 251 g/mol. The van der Waals surface area contributed by atoms with Crippen molar-refractivity contribution in [3.8, 4) is 0 Å². The van der Waals surface area contributed by atoms with Crippen molar-refractivity contribution < 1.29 is 9.53 Å². The molecule has 1 aromatic heterocycles. The number of amides is 1. The van der Waals surface area contributed by atoms with E-state index in [2.05, 4.69) is 15.6 Å². The third kappa shape index (κ3) is 4.33. The van der Waals surface area contributed by atoms with E-state index in [1.165, 1.54) is 0 Å². The van der Waals surface area contributed by atoms with E-state index < -0.39 is 0 Å². The van der Waals surface area contributed by atoms with Crippen LogP contribution in [-0.4, -0.2) is 37.2 Å². The summed E-state index contributed by atoms with van der Waals surface area (Å²) in [6.07, 6.45) is 2.46. The Kier molecular flexibility index (Phi) is 6.14. The highest BCUT2D eigenvalue weighted by Gasteiger charge is 2.13. The normalized spacial score (nSPS) is 11.9. The fourth-order valence-electron chi connectivity index (χ4n) is 1.57. The Morgan fingerprint density at radius 3 is 3.00 bits per heavy atom. The largest absolute Gasteiger partial charge is 0.385 e. The third-order valence-corrected chi connectivity index (χ3v) is 2.53. The Hall–Kier alpha value is -1.62. The Balaban J connectivity index is 2.65. The number of pyridine rings is 1. The van der Waals surface area contributed by atoms with Crippen LogP contribution < -0.4 is 10.6 Å². The summed E-state index contributed by atoms with van der Waals surface area (Å²) >= 11 is 0. The highest BCUT2D eigenvalue weighted by Crippen LogP contribution is 2.11. The molecular weight excluding hydrogens is 230 g/mol. The molecule has 0 aromatic carbocycles. The molecule has 0 aliphatic carbocycles. The van der Waals surface area contributed by atoms with Crippen LogP contribution in [0.5, 0.6) is 0 Å². The second-order valence-electron chi connectivity index (χ2n) is 4.09. The summed E-state index contributed by atoms with van der Waals surface area (Å²) < 4.78 is 4.99. The van der Waals surface area contributed by atoms with Gasteiger partial charge in [-0.15, -0.1) is 0 Å². The zero-order chi connectivity index (χ0) is 13.4. The molecule has 0 saturated carbocycles. The zero-order valence-corrected chi connectivity index (χ0v) is 11.2. The lowest BCUT2D eigenvalue weighted by Gasteiger charge is -2.15. The van der Waals surface area contributed by atoms with Crippen molar-refractivity contribution in [2.45, 2.75) is 26.3 Å². The van der Waals surface area contributed by atoms with Crippen LogP contribution in [0.3, 0.4) is 0 Å². The number of carbonyl (C=O) groups excluding carboxylic acids is 1. The predicted octanol–water partition coefficient (Wildman–Crippen LogP) is 1.67. The molecule has 1 atom stereocenters. The van der Waals surface area contributed by atoms with Crippen LogP contribution in [0.4, 0.5) is 5.82 Å². The van der Waals surface area contributed by atoms with E-state index in [0.717, 1.165) is 13.0 Å². The van der Waals surface area contributed by atoms with E-state index in [0.29, 0.717) is 18.0 Å². The standard InChI is InChI=1S/C13H21N3O2/c1-4-14-12-11(6-5-8-15-12)13(17)16-10(2)7-9-18-3/h5-6,8,10H,4,7,9H2,1-3H3,(H,14,15)(H,16,17). The van der Waals surface area contributed by atoms with Gasteiger partial charge in [0.05, 0.1) is 5.56 Å². The molecule has 1 aromatic rings. The number of nitrogens with zero attached hydrogens (tertiary/aromatic N) is 1. The molecule has 1 amide bonds. The summed E-state index contributed by atoms with van der Waals surface area (Å²) in [5, 5.41) is 6.01. The molecule has 1 rings (SSSR count). The van der Waals surface area contributed by atoms with Crippen LogP contribution in [0.2, 0.25) is 0 Å². The van der Waals surface area contributed by atoms with Crippen LogP contribution in [0.1, 0.15) is 30.6 Å². The van der Waals surface area contributed by atoms with Gasteiger partial charge < -0.3 is 15.4 Å². The first-order chi connectivity index (χ1) is 8.69. The molecule has 100 valence electrons. The first kappa shape index (κ1) is 14.4. The number of hydrogen-bond donors (Lipinski definition) is 2. The van der Waals surface area contributed by atoms with Crippen molar-refractivity contribution in [3.05, 3.63) is 23.9 Å². The number of ether oxygens (including phenoxy) is 1. The maximum absolute atomic E-state index is 12.1. The summed E-state index contributed by atoms with van der Waals surface area (Å²) in [7, 11) is 1.65. The average Bonchev–Trinajstić information content (AvgIpc) is 2.37. The minimum atomic E-state index is -0.109. The molecule has 0 bridgehead atoms. The summed E-state index contributed by atoms with van der Waals surface area (Å²) in [6.45, 7) is 5.29. The summed E-state index contributed by atoms with van der Waals surface area (Å²) in [4.78, 5) is 16.2. The first-order valence-corrected chi connectivity index (χ1v) is 6.17. The molecular formula is C13H21N3O2. The van der Waals surface area contributed by atoms with Crippen molar-refractivity contribution in [3.63, 3.8) is 0 Å². The van der Waals surface area contributed by atoms with Crippen LogP contribution in [0.15, 0.2) is 18.3 Å². The SMILES string of the molecule is CCNc1ncccc1C(=O)NC(C)CCOC. The van der Waals surface area contributed by atoms with Crippen LogP contribution in [0.25, 0.3) is 0 Å². The zero-order valence-electron chi connectivity index (χ0n) is 11.2. The topological polar surface area (TPSA) is 63.2 Å². The Morgan fingerprint density at radius 2 is 2.33 bits per heavy atom. The Bertz CT molecular complexity index is 382. The molecule has 0 aliphatic heterocycles. The van der Waals surface area contributed by atoms with E-state index >= 15 is 0 Å². The Labute approximate surface area is 108 Å². The van der Waals surface area contributed by atoms with Gasteiger partial charge in [0.15, 0.2) is 0 Å². The van der Waals surface area contributed by atoms with Crippen molar-refractivity contribution in [1.29, 1.82) is 0 Å². The third-order valence-electron chi connectivity index (χ3n) is 2.53. The lowest BCUT2D eigenvalue weighted by Crippen LogP contribution is -2.33. The first-order valence-electron chi connectivity index (χ1n) is 6.17. The molecule has 0 saturated heterocycles. The smallest absolute Gasteiger partial charge is 0.255 e. The Morgan fingerprint density at radius 1 is 1.56 bits per heavy atom. The van der Waals surface area contributed by atoms with Crippen LogP contribution >= 0.6 is 0 Å². The average molecular weight is 251 g/mol. The van der Waals surface area contributed by atoms with Crippen LogP contribution in [0, 0.1) is 0 Å². The van der Waals surface area contributed by atoms with Gasteiger partial charge in [-0.25, -0.2) is 4.98 Å². The van der Waals surface area contributed by atoms with Crippen LogP contribution in [-0.2, 0) is 4.74 Å². The predicted molar refractivity (Wildman–Crippen MR) is 71.8 cm³/mol. The minimum absolute atomic E-state index is 0.0760.